The van der Waals surface area contributed by atoms with Gasteiger partial charge in [-0.2, -0.15) is 0 Å². The molecule has 2 atom stereocenters. The predicted molar refractivity (Wildman–Crippen MR) is 121 cm³/mol. The highest BCUT2D eigenvalue weighted by atomic mass is 16.5. The molecule has 1 saturated heterocycles. The Morgan fingerprint density at radius 1 is 1.10 bits per heavy atom. The summed E-state index contributed by atoms with van der Waals surface area (Å²) in [6.07, 6.45) is 4.09. The molecule has 0 aromatic heterocycles. The molecule has 31 heavy (non-hydrogen) atoms. The fraction of sp³-hybridized carbons (Fsp3) is 0.440. The average molecular weight is 422 g/mol. The molecule has 4 rings (SSSR count). The van der Waals surface area contributed by atoms with Crippen LogP contribution in [0.15, 0.2) is 48.5 Å². The van der Waals surface area contributed by atoms with Crippen molar-refractivity contribution in [2.24, 2.45) is 0 Å². The summed E-state index contributed by atoms with van der Waals surface area (Å²) in [5.74, 6) is 0.143. The number of rotatable bonds is 6. The van der Waals surface area contributed by atoms with Crippen LogP contribution in [0.2, 0.25) is 0 Å². The number of ether oxygens (including phenoxy) is 1. The van der Waals surface area contributed by atoms with Crippen molar-refractivity contribution in [2.45, 2.75) is 51.2 Å². The van der Waals surface area contributed by atoms with Gasteiger partial charge in [0.25, 0.3) is 5.91 Å². The third-order valence-electron chi connectivity index (χ3n) is 6.11. The molecule has 6 nitrogen and oxygen atoms in total. The van der Waals surface area contributed by atoms with Crippen LogP contribution >= 0.6 is 0 Å². The fourth-order valence-electron chi connectivity index (χ4n) is 4.33. The summed E-state index contributed by atoms with van der Waals surface area (Å²) in [7, 11) is 0. The molecule has 2 amide bonds. The SMILES string of the molecule is Cc1ccc(C(CNC(=O)CC2Oc3ccccc3NC2=O)N2CCCCCC2)cc1. The van der Waals surface area contributed by atoms with Crippen molar-refractivity contribution in [3.8, 4) is 5.75 Å². The van der Waals surface area contributed by atoms with E-state index in [1.54, 1.807) is 12.1 Å². The molecule has 2 unspecified atom stereocenters. The molecule has 0 spiro atoms. The number of amides is 2. The number of aryl methyl sites for hydroxylation is 1. The Kier molecular flexibility index (Phi) is 6.87. The molecular formula is C25H31N3O3. The van der Waals surface area contributed by atoms with Crippen LogP contribution in [-0.4, -0.2) is 42.5 Å². The Balaban J connectivity index is 1.40. The van der Waals surface area contributed by atoms with Gasteiger partial charge < -0.3 is 15.4 Å². The molecule has 0 saturated carbocycles. The van der Waals surface area contributed by atoms with Gasteiger partial charge in [0.05, 0.1) is 18.2 Å². The van der Waals surface area contributed by atoms with Gasteiger partial charge in [-0.3, -0.25) is 14.5 Å². The number of nitrogens with zero attached hydrogens (tertiary/aromatic N) is 1. The molecule has 2 N–H and O–H groups in total. The lowest BCUT2D eigenvalue weighted by atomic mass is 10.0. The summed E-state index contributed by atoms with van der Waals surface area (Å²) >= 11 is 0. The predicted octanol–water partition coefficient (Wildman–Crippen LogP) is 3.82. The molecule has 2 heterocycles. The van der Waals surface area contributed by atoms with Gasteiger partial charge in [-0.25, -0.2) is 0 Å². The van der Waals surface area contributed by atoms with Crippen molar-refractivity contribution in [3.05, 3.63) is 59.7 Å². The van der Waals surface area contributed by atoms with E-state index in [4.69, 9.17) is 4.74 Å². The molecule has 2 aliphatic heterocycles. The van der Waals surface area contributed by atoms with Crippen molar-refractivity contribution in [1.82, 2.24) is 10.2 Å². The van der Waals surface area contributed by atoms with Gasteiger partial charge in [0.1, 0.15) is 5.75 Å². The minimum absolute atomic E-state index is 0.000779. The molecule has 0 bridgehead atoms. The van der Waals surface area contributed by atoms with Crippen molar-refractivity contribution in [3.63, 3.8) is 0 Å². The van der Waals surface area contributed by atoms with Gasteiger partial charge in [0, 0.05) is 6.54 Å². The first kappa shape index (κ1) is 21.4. The largest absolute Gasteiger partial charge is 0.478 e. The Morgan fingerprint density at radius 2 is 1.81 bits per heavy atom. The van der Waals surface area contributed by atoms with Crippen molar-refractivity contribution in [1.29, 1.82) is 0 Å². The van der Waals surface area contributed by atoms with E-state index in [9.17, 15) is 9.59 Å². The summed E-state index contributed by atoms with van der Waals surface area (Å²) in [6, 6.07) is 16.0. The van der Waals surface area contributed by atoms with E-state index >= 15 is 0 Å². The third-order valence-corrected chi connectivity index (χ3v) is 6.11. The van der Waals surface area contributed by atoms with Crippen LogP contribution in [0.25, 0.3) is 0 Å². The van der Waals surface area contributed by atoms with Gasteiger partial charge in [-0.15, -0.1) is 0 Å². The fourth-order valence-corrected chi connectivity index (χ4v) is 4.33. The maximum Gasteiger partial charge on any atom is 0.266 e. The normalized spacial score (nSPS) is 20.0. The minimum Gasteiger partial charge on any atom is -0.478 e. The lowest BCUT2D eigenvalue weighted by molar-refractivity contribution is -0.130. The topological polar surface area (TPSA) is 70.7 Å². The maximum absolute atomic E-state index is 12.7. The van der Waals surface area contributed by atoms with E-state index in [1.165, 1.54) is 36.8 Å². The number of para-hydroxylation sites is 2. The van der Waals surface area contributed by atoms with Crippen LogP contribution in [0.1, 0.15) is 49.3 Å². The van der Waals surface area contributed by atoms with Gasteiger partial charge in [-0.1, -0.05) is 54.8 Å². The van der Waals surface area contributed by atoms with Crippen LogP contribution < -0.4 is 15.4 Å². The van der Waals surface area contributed by atoms with Crippen molar-refractivity contribution >= 4 is 17.5 Å². The Hall–Kier alpha value is -2.86. The number of carbonyl (C=O) groups excluding carboxylic acids is 2. The molecule has 1 fully saturated rings. The van der Waals surface area contributed by atoms with Crippen LogP contribution in [0.4, 0.5) is 5.69 Å². The zero-order chi connectivity index (χ0) is 21.6. The third kappa shape index (κ3) is 5.44. The van der Waals surface area contributed by atoms with E-state index in [0.717, 1.165) is 13.1 Å². The molecular weight excluding hydrogens is 390 g/mol. The highest BCUT2D eigenvalue weighted by Crippen LogP contribution is 2.29. The van der Waals surface area contributed by atoms with E-state index in [-0.39, 0.29) is 24.3 Å². The maximum atomic E-state index is 12.7. The van der Waals surface area contributed by atoms with Gasteiger partial charge in [0.15, 0.2) is 6.10 Å². The molecule has 0 radical (unpaired) electrons. The quantitative estimate of drug-likeness (QED) is 0.744. The molecule has 164 valence electrons. The Morgan fingerprint density at radius 3 is 2.55 bits per heavy atom. The number of nitrogens with one attached hydrogen (secondary N) is 2. The number of hydrogen-bond donors (Lipinski definition) is 2. The van der Waals surface area contributed by atoms with Gasteiger partial charge in [-0.05, 0) is 50.6 Å². The van der Waals surface area contributed by atoms with Crippen molar-refractivity contribution < 1.29 is 14.3 Å². The summed E-state index contributed by atoms with van der Waals surface area (Å²) in [6.45, 7) is 4.69. The average Bonchev–Trinajstić information content (AvgIpc) is 3.05. The number of anilines is 1. The molecule has 0 aliphatic carbocycles. The number of benzene rings is 2. The smallest absolute Gasteiger partial charge is 0.266 e. The van der Waals surface area contributed by atoms with E-state index in [1.807, 2.05) is 12.1 Å². The monoisotopic (exact) mass is 421 g/mol. The summed E-state index contributed by atoms with van der Waals surface area (Å²) in [5.41, 5.74) is 3.08. The van der Waals surface area contributed by atoms with Crippen LogP contribution in [0.3, 0.4) is 0 Å². The van der Waals surface area contributed by atoms with Crippen LogP contribution in [-0.2, 0) is 9.59 Å². The Labute approximate surface area is 184 Å². The second-order valence-electron chi connectivity index (χ2n) is 8.48. The molecule has 2 aliphatic rings. The Bertz CT molecular complexity index is 904. The second-order valence-corrected chi connectivity index (χ2v) is 8.48. The highest BCUT2D eigenvalue weighted by Gasteiger charge is 2.30. The van der Waals surface area contributed by atoms with Crippen molar-refractivity contribution in [2.75, 3.05) is 25.0 Å². The first-order valence-electron chi connectivity index (χ1n) is 11.2. The zero-order valence-electron chi connectivity index (χ0n) is 18.1. The number of likely N-dealkylation sites (tertiary alicyclic amines) is 1. The zero-order valence-corrected chi connectivity index (χ0v) is 18.1. The minimum atomic E-state index is -0.814. The summed E-state index contributed by atoms with van der Waals surface area (Å²) in [4.78, 5) is 27.5. The van der Waals surface area contributed by atoms with Gasteiger partial charge >= 0.3 is 0 Å². The van der Waals surface area contributed by atoms with E-state index in [2.05, 4.69) is 46.7 Å². The number of carbonyl (C=O) groups is 2. The lowest BCUT2D eigenvalue weighted by Gasteiger charge is -2.31. The first-order chi connectivity index (χ1) is 15.1. The molecule has 2 aromatic rings. The van der Waals surface area contributed by atoms with Gasteiger partial charge in [0.2, 0.25) is 5.91 Å². The van der Waals surface area contributed by atoms with E-state index in [0.29, 0.717) is 18.0 Å². The van der Waals surface area contributed by atoms with Crippen LogP contribution in [0, 0.1) is 6.92 Å². The first-order valence-corrected chi connectivity index (χ1v) is 11.2. The lowest BCUT2D eigenvalue weighted by Crippen LogP contribution is -2.43. The summed E-state index contributed by atoms with van der Waals surface area (Å²) in [5, 5.41) is 5.88. The summed E-state index contributed by atoms with van der Waals surface area (Å²) < 4.78 is 5.77. The van der Waals surface area contributed by atoms with Crippen LogP contribution in [0.5, 0.6) is 5.75 Å². The number of fused-ring (bicyclic) bond motifs is 1. The number of hydrogen-bond acceptors (Lipinski definition) is 4. The second kappa shape index (κ2) is 9.96. The highest BCUT2D eigenvalue weighted by molar-refractivity contribution is 5.99. The molecule has 2 aromatic carbocycles. The van der Waals surface area contributed by atoms with E-state index < -0.39 is 6.10 Å². The standard InChI is InChI=1S/C25H31N3O3/c1-18-10-12-19(13-11-18)21(28-14-6-2-3-7-15-28)17-26-24(29)16-23-25(30)27-20-8-4-5-9-22(20)31-23/h4-5,8-13,21,23H,2-3,6-7,14-17H2,1H3,(H,26,29)(H,27,30). The molecule has 6 heteroatoms.